The van der Waals surface area contributed by atoms with Crippen LogP contribution in [0.4, 0.5) is 0 Å². The number of rotatable bonds is 5. The van der Waals surface area contributed by atoms with Gasteiger partial charge in [0.15, 0.2) is 0 Å². The topological polar surface area (TPSA) is 35.2 Å². The van der Waals surface area contributed by atoms with Gasteiger partial charge in [0.05, 0.1) is 0 Å². The van der Waals surface area contributed by atoms with Gasteiger partial charge in [0.2, 0.25) is 0 Å². The quantitative estimate of drug-likeness (QED) is 0.783. The first-order valence-electron chi connectivity index (χ1n) is 6.77. The van der Waals surface area contributed by atoms with E-state index in [2.05, 4.69) is 20.8 Å². The van der Waals surface area contributed by atoms with Crippen LogP contribution in [0.25, 0.3) is 0 Å². The van der Waals surface area contributed by atoms with Gasteiger partial charge in [-0.05, 0) is 49.9 Å². The zero-order valence-electron chi connectivity index (χ0n) is 11.5. The summed E-state index contributed by atoms with van der Waals surface area (Å²) < 4.78 is 5.15. The van der Waals surface area contributed by atoms with Crippen LogP contribution in [0.3, 0.4) is 0 Å². The predicted molar refractivity (Wildman–Crippen MR) is 69.4 cm³/mol. The molecule has 2 heteroatoms. The van der Waals surface area contributed by atoms with Crippen molar-refractivity contribution in [1.82, 2.24) is 0 Å². The molecule has 0 aromatic carbocycles. The summed E-state index contributed by atoms with van der Waals surface area (Å²) in [6.07, 6.45) is 6.11. The fraction of sp³-hybridized carbons (Fsp3) is 1.00. The van der Waals surface area contributed by atoms with E-state index < -0.39 is 0 Å². The minimum absolute atomic E-state index is 0.0733. The summed E-state index contributed by atoms with van der Waals surface area (Å²) in [6.45, 7) is 7.80. The van der Waals surface area contributed by atoms with Crippen molar-refractivity contribution >= 4 is 0 Å². The normalized spacial score (nSPS) is 33.0. The monoisotopic (exact) mass is 227 g/mol. The summed E-state index contributed by atoms with van der Waals surface area (Å²) >= 11 is 0. The van der Waals surface area contributed by atoms with E-state index in [1.165, 1.54) is 25.7 Å². The fourth-order valence-electron chi connectivity index (χ4n) is 2.92. The number of methoxy groups -OCH3 is 1. The van der Waals surface area contributed by atoms with E-state index in [-0.39, 0.29) is 5.54 Å². The standard InChI is InChI=1S/C14H29NO/c1-11(2)13-5-8-14(15,9-6-13)12(3)7-10-16-4/h11-13H,5-10,15H2,1-4H3. The third-order valence-corrected chi connectivity index (χ3v) is 4.64. The van der Waals surface area contributed by atoms with E-state index in [0.717, 1.165) is 24.9 Å². The molecule has 2 nitrogen and oxygen atoms in total. The molecule has 0 radical (unpaired) electrons. The Morgan fingerprint density at radius 2 is 1.81 bits per heavy atom. The minimum atomic E-state index is 0.0733. The third-order valence-electron chi connectivity index (χ3n) is 4.64. The molecule has 1 saturated carbocycles. The maximum atomic E-state index is 6.55. The van der Waals surface area contributed by atoms with Crippen LogP contribution < -0.4 is 5.73 Å². The van der Waals surface area contributed by atoms with E-state index in [4.69, 9.17) is 10.5 Å². The van der Waals surface area contributed by atoms with E-state index in [1.807, 2.05) is 0 Å². The SMILES string of the molecule is COCCC(C)C1(N)CCC(C(C)C)CC1. The Morgan fingerprint density at radius 3 is 2.25 bits per heavy atom. The molecular weight excluding hydrogens is 198 g/mol. The van der Waals surface area contributed by atoms with E-state index in [0.29, 0.717) is 5.92 Å². The van der Waals surface area contributed by atoms with Crippen molar-refractivity contribution in [3.63, 3.8) is 0 Å². The number of hydrogen-bond donors (Lipinski definition) is 1. The molecule has 1 aliphatic rings. The Labute approximate surface area is 101 Å². The molecule has 96 valence electrons. The van der Waals surface area contributed by atoms with Gasteiger partial charge in [-0.15, -0.1) is 0 Å². The van der Waals surface area contributed by atoms with Gasteiger partial charge in [-0.2, -0.15) is 0 Å². The van der Waals surface area contributed by atoms with Gasteiger partial charge < -0.3 is 10.5 Å². The largest absolute Gasteiger partial charge is 0.385 e. The molecule has 1 aliphatic carbocycles. The molecule has 1 atom stereocenters. The molecule has 0 saturated heterocycles. The highest BCUT2D eigenvalue weighted by Gasteiger charge is 2.36. The molecule has 0 heterocycles. The molecule has 1 fully saturated rings. The molecule has 1 rings (SSSR count). The van der Waals surface area contributed by atoms with Crippen molar-refractivity contribution in [3.05, 3.63) is 0 Å². The zero-order chi connectivity index (χ0) is 12.2. The van der Waals surface area contributed by atoms with Crippen LogP contribution >= 0.6 is 0 Å². The van der Waals surface area contributed by atoms with E-state index in [9.17, 15) is 0 Å². The highest BCUT2D eigenvalue weighted by molar-refractivity contribution is 4.94. The van der Waals surface area contributed by atoms with Crippen LogP contribution in [0, 0.1) is 17.8 Å². The molecule has 0 amide bonds. The van der Waals surface area contributed by atoms with Crippen molar-refractivity contribution in [2.24, 2.45) is 23.5 Å². The Morgan fingerprint density at radius 1 is 1.25 bits per heavy atom. The highest BCUT2D eigenvalue weighted by atomic mass is 16.5. The highest BCUT2D eigenvalue weighted by Crippen LogP contribution is 2.39. The first-order chi connectivity index (χ1) is 7.49. The molecule has 16 heavy (non-hydrogen) atoms. The summed E-state index contributed by atoms with van der Waals surface area (Å²) in [7, 11) is 1.77. The summed E-state index contributed by atoms with van der Waals surface area (Å²) in [4.78, 5) is 0. The lowest BCUT2D eigenvalue weighted by Gasteiger charge is -2.42. The lowest BCUT2D eigenvalue weighted by atomic mass is 9.68. The summed E-state index contributed by atoms with van der Waals surface area (Å²) in [5.74, 6) is 2.30. The third kappa shape index (κ3) is 3.46. The molecule has 2 N–H and O–H groups in total. The Kier molecular flexibility index (Phi) is 5.26. The van der Waals surface area contributed by atoms with Gasteiger partial charge in [0, 0.05) is 19.3 Å². The molecule has 0 aromatic heterocycles. The molecule has 0 aromatic rings. The number of hydrogen-bond acceptors (Lipinski definition) is 2. The van der Waals surface area contributed by atoms with Gasteiger partial charge in [-0.3, -0.25) is 0 Å². The van der Waals surface area contributed by atoms with Gasteiger partial charge in [-0.1, -0.05) is 20.8 Å². The number of nitrogens with two attached hydrogens (primary N) is 1. The molecule has 0 spiro atoms. The fourth-order valence-corrected chi connectivity index (χ4v) is 2.92. The maximum Gasteiger partial charge on any atom is 0.0465 e. The van der Waals surface area contributed by atoms with E-state index in [1.54, 1.807) is 7.11 Å². The Hall–Kier alpha value is -0.0800. The van der Waals surface area contributed by atoms with Crippen molar-refractivity contribution in [1.29, 1.82) is 0 Å². The average molecular weight is 227 g/mol. The van der Waals surface area contributed by atoms with Crippen LogP contribution in [0.5, 0.6) is 0 Å². The smallest absolute Gasteiger partial charge is 0.0465 e. The second-order valence-electron chi connectivity index (χ2n) is 6.00. The van der Waals surface area contributed by atoms with Crippen molar-refractivity contribution in [3.8, 4) is 0 Å². The van der Waals surface area contributed by atoms with Crippen LogP contribution in [0.15, 0.2) is 0 Å². The predicted octanol–water partition coefficient (Wildman–Crippen LogP) is 3.20. The molecule has 1 unspecified atom stereocenters. The second kappa shape index (κ2) is 6.02. The van der Waals surface area contributed by atoms with Crippen LogP contribution in [-0.2, 0) is 4.74 Å². The van der Waals surface area contributed by atoms with Crippen molar-refractivity contribution in [2.45, 2.75) is 58.4 Å². The molecule has 0 bridgehead atoms. The minimum Gasteiger partial charge on any atom is -0.385 e. The summed E-state index contributed by atoms with van der Waals surface area (Å²) in [5.41, 5.74) is 6.62. The van der Waals surface area contributed by atoms with Gasteiger partial charge in [0.25, 0.3) is 0 Å². The van der Waals surface area contributed by atoms with Crippen LogP contribution in [-0.4, -0.2) is 19.3 Å². The molecule has 0 aliphatic heterocycles. The van der Waals surface area contributed by atoms with Gasteiger partial charge in [-0.25, -0.2) is 0 Å². The van der Waals surface area contributed by atoms with Crippen LogP contribution in [0.1, 0.15) is 52.9 Å². The van der Waals surface area contributed by atoms with Crippen molar-refractivity contribution in [2.75, 3.05) is 13.7 Å². The lowest BCUT2D eigenvalue weighted by Crippen LogP contribution is -2.49. The van der Waals surface area contributed by atoms with Gasteiger partial charge >= 0.3 is 0 Å². The second-order valence-corrected chi connectivity index (χ2v) is 6.00. The van der Waals surface area contributed by atoms with Gasteiger partial charge in [0.1, 0.15) is 0 Å². The molecular formula is C14H29NO. The first-order valence-corrected chi connectivity index (χ1v) is 6.77. The Bertz CT molecular complexity index is 195. The zero-order valence-corrected chi connectivity index (χ0v) is 11.5. The summed E-state index contributed by atoms with van der Waals surface area (Å²) in [6, 6.07) is 0. The first kappa shape index (κ1) is 14.0. The Balaban J connectivity index is 2.42. The van der Waals surface area contributed by atoms with Crippen LogP contribution in [0.2, 0.25) is 0 Å². The maximum absolute atomic E-state index is 6.55. The number of ether oxygens (including phenoxy) is 1. The van der Waals surface area contributed by atoms with Crippen molar-refractivity contribution < 1.29 is 4.74 Å². The summed E-state index contributed by atoms with van der Waals surface area (Å²) in [5, 5.41) is 0. The average Bonchev–Trinajstić information content (AvgIpc) is 2.26. The van der Waals surface area contributed by atoms with E-state index >= 15 is 0 Å². The lowest BCUT2D eigenvalue weighted by molar-refractivity contribution is 0.112.